The molecule has 0 saturated carbocycles. The average molecular weight is 288 g/mol. The number of methoxy groups -OCH3 is 2. The fourth-order valence-corrected chi connectivity index (χ4v) is 2.27. The molecule has 0 rings (SSSR count). The maximum Gasteiger partial charge on any atom is 0.0589 e. The summed E-state index contributed by atoms with van der Waals surface area (Å²) in [5.41, 5.74) is 0. The second-order valence-electron chi connectivity index (χ2n) is 5.96. The van der Waals surface area contributed by atoms with E-state index in [2.05, 4.69) is 31.0 Å². The first kappa shape index (κ1) is 19.8. The molecular formula is C16H36N2O2. The van der Waals surface area contributed by atoms with Gasteiger partial charge in [0.2, 0.25) is 0 Å². The van der Waals surface area contributed by atoms with E-state index < -0.39 is 0 Å². The lowest BCUT2D eigenvalue weighted by Gasteiger charge is -2.29. The van der Waals surface area contributed by atoms with Crippen molar-refractivity contribution >= 4 is 0 Å². The van der Waals surface area contributed by atoms with Crippen LogP contribution in [0.4, 0.5) is 0 Å². The molecule has 0 fully saturated rings. The monoisotopic (exact) mass is 288 g/mol. The van der Waals surface area contributed by atoms with Gasteiger partial charge < -0.3 is 14.8 Å². The molecule has 0 aromatic rings. The molecule has 0 saturated heterocycles. The highest BCUT2D eigenvalue weighted by atomic mass is 16.5. The predicted octanol–water partition coefficient (Wildman–Crippen LogP) is 2.39. The standard InChI is InChI=1S/C16H36N2O2/c1-15(2)14-17-9-6-8-16(3)18(11-13-20-5)10-7-12-19-4/h15-17H,6-14H2,1-5H3. The maximum atomic E-state index is 5.21. The molecular weight excluding hydrogens is 252 g/mol. The van der Waals surface area contributed by atoms with E-state index in [1.54, 1.807) is 14.2 Å². The third-order valence-electron chi connectivity index (χ3n) is 3.53. The molecule has 20 heavy (non-hydrogen) atoms. The van der Waals surface area contributed by atoms with E-state index >= 15 is 0 Å². The van der Waals surface area contributed by atoms with Crippen LogP contribution in [-0.4, -0.2) is 64.6 Å². The minimum absolute atomic E-state index is 0.614. The molecule has 0 amide bonds. The average Bonchev–Trinajstić information content (AvgIpc) is 2.41. The lowest BCUT2D eigenvalue weighted by molar-refractivity contribution is 0.107. The largest absolute Gasteiger partial charge is 0.385 e. The normalized spacial score (nSPS) is 13.3. The van der Waals surface area contributed by atoms with Crippen LogP contribution >= 0.6 is 0 Å². The SMILES string of the molecule is COCCCN(CCOC)C(C)CCCNCC(C)C. The summed E-state index contributed by atoms with van der Waals surface area (Å²) >= 11 is 0. The number of ether oxygens (including phenoxy) is 2. The summed E-state index contributed by atoms with van der Waals surface area (Å²) in [5.74, 6) is 0.736. The Kier molecular flexibility index (Phi) is 13.7. The van der Waals surface area contributed by atoms with Gasteiger partial charge in [0.15, 0.2) is 0 Å². The zero-order valence-corrected chi connectivity index (χ0v) is 14.3. The summed E-state index contributed by atoms with van der Waals surface area (Å²) in [5, 5.41) is 3.51. The summed E-state index contributed by atoms with van der Waals surface area (Å²) in [4.78, 5) is 2.52. The summed E-state index contributed by atoms with van der Waals surface area (Å²) in [6.07, 6.45) is 3.57. The van der Waals surface area contributed by atoms with E-state index in [1.165, 1.54) is 12.8 Å². The Balaban J connectivity index is 3.83. The first-order chi connectivity index (χ1) is 9.61. The Morgan fingerprint density at radius 3 is 2.25 bits per heavy atom. The molecule has 0 heterocycles. The summed E-state index contributed by atoms with van der Waals surface area (Å²) in [6, 6.07) is 0.614. The van der Waals surface area contributed by atoms with E-state index in [-0.39, 0.29) is 0 Å². The number of hydrogen-bond donors (Lipinski definition) is 1. The molecule has 0 aliphatic heterocycles. The molecule has 0 aliphatic carbocycles. The fraction of sp³-hybridized carbons (Fsp3) is 1.00. The molecule has 0 aromatic heterocycles. The highest BCUT2D eigenvalue weighted by Gasteiger charge is 2.12. The van der Waals surface area contributed by atoms with E-state index in [9.17, 15) is 0 Å². The minimum Gasteiger partial charge on any atom is -0.385 e. The van der Waals surface area contributed by atoms with Gasteiger partial charge in [-0.15, -0.1) is 0 Å². The third-order valence-corrected chi connectivity index (χ3v) is 3.53. The van der Waals surface area contributed by atoms with E-state index in [0.717, 1.165) is 51.7 Å². The highest BCUT2D eigenvalue weighted by Crippen LogP contribution is 2.07. The number of hydrogen-bond acceptors (Lipinski definition) is 4. The molecule has 1 N–H and O–H groups in total. The molecule has 0 aliphatic rings. The number of nitrogens with zero attached hydrogens (tertiary/aromatic N) is 1. The summed E-state index contributed by atoms with van der Waals surface area (Å²) < 4.78 is 10.4. The van der Waals surface area contributed by atoms with Gasteiger partial charge in [0.1, 0.15) is 0 Å². The van der Waals surface area contributed by atoms with E-state index in [0.29, 0.717) is 6.04 Å². The zero-order valence-electron chi connectivity index (χ0n) is 14.3. The van der Waals surface area contributed by atoms with Crippen LogP contribution in [0.3, 0.4) is 0 Å². The van der Waals surface area contributed by atoms with Crippen LogP contribution in [0, 0.1) is 5.92 Å². The van der Waals surface area contributed by atoms with E-state index in [1.807, 2.05) is 0 Å². The van der Waals surface area contributed by atoms with Crippen LogP contribution in [0.25, 0.3) is 0 Å². The van der Waals surface area contributed by atoms with Gasteiger partial charge in [0, 0.05) is 40.0 Å². The first-order valence-corrected chi connectivity index (χ1v) is 8.04. The molecule has 0 bridgehead atoms. The van der Waals surface area contributed by atoms with Gasteiger partial charge in [-0.1, -0.05) is 13.8 Å². The Bertz CT molecular complexity index is 201. The van der Waals surface area contributed by atoms with Gasteiger partial charge in [0.25, 0.3) is 0 Å². The smallest absolute Gasteiger partial charge is 0.0589 e. The van der Waals surface area contributed by atoms with Gasteiger partial charge in [-0.05, 0) is 45.2 Å². The maximum absolute atomic E-state index is 5.21. The van der Waals surface area contributed by atoms with Gasteiger partial charge >= 0.3 is 0 Å². The molecule has 4 nitrogen and oxygen atoms in total. The zero-order chi connectivity index (χ0) is 15.2. The summed E-state index contributed by atoms with van der Waals surface area (Å²) in [6.45, 7) is 12.8. The summed E-state index contributed by atoms with van der Waals surface area (Å²) in [7, 11) is 3.54. The predicted molar refractivity (Wildman–Crippen MR) is 86.3 cm³/mol. The van der Waals surface area contributed by atoms with Crippen LogP contribution in [0.5, 0.6) is 0 Å². The number of nitrogens with one attached hydrogen (secondary N) is 1. The van der Waals surface area contributed by atoms with E-state index in [4.69, 9.17) is 9.47 Å². The van der Waals surface area contributed by atoms with Crippen molar-refractivity contribution in [1.82, 2.24) is 10.2 Å². The van der Waals surface area contributed by atoms with Gasteiger partial charge in [-0.2, -0.15) is 0 Å². The molecule has 0 aromatic carbocycles. The lowest BCUT2D eigenvalue weighted by Crippen LogP contribution is -2.37. The molecule has 1 atom stereocenters. The van der Waals surface area contributed by atoms with Crippen LogP contribution in [-0.2, 0) is 9.47 Å². The highest BCUT2D eigenvalue weighted by molar-refractivity contribution is 4.68. The molecule has 122 valence electrons. The van der Waals surface area contributed by atoms with Gasteiger partial charge in [0.05, 0.1) is 6.61 Å². The first-order valence-electron chi connectivity index (χ1n) is 8.04. The molecule has 0 radical (unpaired) electrons. The van der Waals surface area contributed by atoms with Crippen LogP contribution < -0.4 is 5.32 Å². The molecule has 1 unspecified atom stereocenters. The van der Waals surface area contributed by atoms with Crippen molar-refractivity contribution in [1.29, 1.82) is 0 Å². The Hall–Kier alpha value is -0.160. The van der Waals surface area contributed by atoms with Crippen molar-refractivity contribution in [2.24, 2.45) is 5.92 Å². The van der Waals surface area contributed by atoms with Crippen molar-refractivity contribution in [2.45, 2.75) is 46.1 Å². The van der Waals surface area contributed by atoms with Gasteiger partial charge in [-0.25, -0.2) is 0 Å². The number of rotatable bonds is 14. The van der Waals surface area contributed by atoms with Crippen molar-refractivity contribution in [3.63, 3.8) is 0 Å². The molecule has 0 spiro atoms. The van der Waals surface area contributed by atoms with Crippen molar-refractivity contribution < 1.29 is 9.47 Å². The lowest BCUT2D eigenvalue weighted by atomic mass is 10.1. The van der Waals surface area contributed by atoms with Crippen molar-refractivity contribution in [3.8, 4) is 0 Å². The quantitative estimate of drug-likeness (QED) is 0.498. The Morgan fingerprint density at radius 2 is 1.65 bits per heavy atom. The second-order valence-corrected chi connectivity index (χ2v) is 5.96. The van der Waals surface area contributed by atoms with Crippen LogP contribution in [0.2, 0.25) is 0 Å². The second kappa shape index (κ2) is 13.8. The van der Waals surface area contributed by atoms with Gasteiger partial charge in [-0.3, -0.25) is 4.90 Å². The Morgan fingerprint density at radius 1 is 0.950 bits per heavy atom. The van der Waals surface area contributed by atoms with Crippen LogP contribution in [0.15, 0.2) is 0 Å². The minimum atomic E-state index is 0.614. The van der Waals surface area contributed by atoms with Crippen LogP contribution in [0.1, 0.15) is 40.0 Å². The third kappa shape index (κ3) is 11.6. The van der Waals surface area contributed by atoms with Crippen molar-refractivity contribution in [2.75, 3.05) is 53.6 Å². The topological polar surface area (TPSA) is 33.7 Å². The fourth-order valence-electron chi connectivity index (χ4n) is 2.27. The Labute approximate surface area is 126 Å². The molecule has 4 heteroatoms. The van der Waals surface area contributed by atoms with Crippen molar-refractivity contribution in [3.05, 3.63) is 0 Å².